The Morgan fingerprint density at radius 1 is 0.867 bits per heavy atom. The van der Waals surface area contributed by atoms with E-state index in [1.165, 1.54) is 0 Å². The second kappa shape index (κ2) is 8.82. The summed E-state index contributed by atoms with van der Waals surface area (Å²) in [6, 6.07) is 3.90. The highest BCUT2D eigenvalue weighted by molar-refractivity contribution is 7.86. The minimum Gasteiger partial charge on any atom is -0.336 e. The van der Waals surface area contributed by atoms with Gasteiger partial charge in [-0.05, 0) is 44.4 Å². The lowest BCUT2D eigenvalue weighted by atomic mass is 10.1. The molecule has 7 nitrogen and oxygen atoms in total. The number of carbonyl (C=O) groups is 1. The predicted molar refractivity (Wildman–Crippen MR) is 120 cm³/mol. The molecule has 0 aromatic carbocycles. The zero-order chi connectivity index (χ0) is 21.3. The standard InChI is InChI=1S/C21H30N4O3S2/c1-17-18(2)29-21(23-9-7-8-10-23)19(17)20(26)22-13-15-25(16-14-22)30(27,28)24-11-5-3-4-6-12-24/h7-10H,3-6,11-16H2,1-2H3. The first-order valence-electron chi connectivity index (χ1n) is 10.7. The van der Waals surface area contributed by atoms with E-state index in [-0.39, 0.29) is 5.91 Å². The third-order valence-corrected chi connectivity index (χ3v) is 9.42. The van der Waals surface area contributed by atoms with Crippen LogP contribution in [0.15, 0.2) is 24.5 Å². The van der Waals surface area contributed by atoms with E-state index in [2.05, 4.69) is 0 Å². The highest BCUT2D eigenvalue weighted by Crippen LogP contribution is 2.32. The number of rotatable bonds is 4. The zero-order valence-corrected chi connectivity index (χ0v) is 19.3. The summed E-state index contributed by atoms with van der Waals surface area (Å²) < 4.78 is 31.3. The lowest BCUT2D eigenvalue weighted by molar-refractivity contribution is 0.0694. The Morgan fingerprint density at radius 3 is 2.03 bits per heavy atom. The molecule has 2 saturated heterocycles. The van der Waals surface area contributed by atoms with Crippen molar-refractivity contribution in [2.45, 2.75) is 39.5 Å². The average molecular weight is 451 g/mol. The monoisotopic (exact) mass is 450 g/mol. The van der Waals surface area contributed by atoms with E-state index < -0.39 is 10.2 Å². The topological polar surface area (TPSA) is 65.9 Å². The van der Waals surface area contributed by atoms with Gasteiger partial charge in [-0.2, -0.15) is 17.0 Å². The van der Waals surface area contributed by atoms with Gasteiger partial charge < -0.3 is 9.47 Å². The van der Waals surface area contributed by atoms with Gasteiger partial charge in [-0.3, -0.25) is 4.79 Å². The largest absolute Gasteiger partial charge is 0.336 e. The Balaban J connectivity index is 1.48. The van der Waals surface area contributed by atoms with Crippen molar-refractivity contribution >= 4 is 27.5 Å². The SMILES string of the molecule is Cc1sc(-n2cccc2)c(C(=O)N2CCN(S(=O)(=O)N3CCCCCC3)CC2)c1C. The van der Waals surface area contributed by atoms with Crippen molar-refractivity contribution in [2.75, 3.05) is 39.3 Å². The molecule has 2 aliphatic heterocycles. The van der Waals surface area contributed by atoms with Crippen LogP contribution in [0.25, 0.3) is 5.00 Å². The molecule has 0 N–H and O–H groups in total. The van der Waals surface area contributed by atoms with Gasteiger partial charge in [-0.25, -0.2) is 0 Å². The van der Waals surface area contributed by atoms with E-state index in [1.54, 1.807) is 24.8 Å². The Bertz CT molecular complexity index is 982. The Morgan fingerprint density at radius 2 is 1.43 bits per heavy atom. The van der Waals surface area contributed by atoms with Crippen molar-refractivity contribution in [1.82, 2.24) is 18.1 Å². The van der Waals surface area contributed by atoms with Gasteiger partial charge in [0.2, 0.25) is 0 Å². The van der Waals surface area contributed by atoms with E-state index in [0.29, 0.717) is 39.3 Å². The molecule has 164 valence electrons. The molecular formula is C21H30N4O3S2. The van der Waals surface area contributed by atoms with Gasteiger partial charge in [0, 0.05) is 56.5 Å². The van der Waals surface area contributed by atoms with Crippen LogP contribution < -0.4 is 0 Å². The summed E-state index contributed by atoms with van der Waals surface area (Å²) in [4.78, 5) is 16.3. The van der Waals surface area contributed by atoms with Gasteiger partial charge in [0.15, 0.2) is 0 Å². The summed E-state index contributed by atoms with van der Waals surface area (Å²) in [6.07, 6.45) is 7.95. The fraction of sp³-hybridized carbons (Fsp3) is 0.571. The molecule has 0 unspecified atom stereocenters. The number of piperazine rings is 1. The van der Waals surface area contributed by atoms with E-state index in [1.807, 2.05) is 42.9 Å². The molecule has 1 amide bonds. The molecule has 4 heterocycles. The Hall–Kier alpha value is -1.68. The molecule has 0 bridgehead atoms. The summed E-state index contributed by atoms with van der Waals surface area (Å²) >= 11 is 1.62. The highest BCUT2D eigenvalue weighted by Gasteiger charge is 2.35. The van der Waals surface area contributed by atoms with Crippen LogP contribution in [-0.4, -0.2) is 71.7 Å². The number of aromatic nitrogens is 1. The first kappa shape index (κ1) is 21.5. The van der Waals surface area contributed by atoms with Crippen LogP contribution in [0.1, 0.15) is 46.5 Å². The number of amides is 1. The molecule has 4 rings (SSSR count). The van der Waals surface area contributed by atoms with Crippen LogP contribution >= 0.6 is 11.3 Å². The van der Waals surface area contributed by atoms with E-state index in [9.17, 15) is 13.2 Å². The molecule has 2 fully saturated rings. The van der Waals surface area contributed by atoms with Gasteiger partial charge in [0.1, 0.15) is 5.00 Å². The van der Waals surface area contributed by atoms with Crippen LogP contribution in [0.3, 0.4) is 0 Å². The van der Waals surface area contributed by atoms with Gasteiger partial charge in [-0.1, -0.05) is 12.8 Å². The van der Waals surface area contributed by atoms with Crippen molar-refractivity contribution in [2.24, 2.45) is 0 Å². The average Bonchev–Trinajstić information content (AvgIpc) is 3.27. The minimum absolute atomic E-state index is 0.00706. The number of hydrogen-bond donors (Lipinski definition) is 0. The molecule has 0 spiro atoms. The molecule has 0 radical (unpaired) electrons. The number of carbonyl (C=O) groups excluding carboxylic acids is 1. The maximum atomic E-state index is 13.4. The minimum atomic E-state index is -3.44. The smallest absolute Gasteiger partial charge is 0.282 e. The second-order valence-corrected chi connectivity index (χ2v) is 11.2. The lowest BCUT2D eigenvalue weighted by Crippen LogP contribution is -2.54. The van der Waals surface area contributed by atoms with Gasteiger partial charge >= 0.3 is 0 Å². The molecule has 2 aromatic rings. The Kier molecular flexibility index (Phi) is 6.34. The van der Waals surface area contributed by atoms with Crippen molar-refractivity contribution in [1.29, 1.82) is 0 Å². The summed E-state index contributed by atoms with van der Waals surface area (Å²) in [5, 5.41) is 0.930. The molecule has 30 heavy (non-hydrogen) atoms. The van der Waals surface area contributed by atoms with Gasteiger partial charge in [-0.15, -0.1) is 11.3 Å². The number of aryl methyl sites for hydroxylation is 1. The molecule has 9 heteroatoms. The fourth-order valence-electron chi connectivity index (χ4n) is 4.23. The quantitative estimate of drug-likeness (QED) is 0.719. The lowest BCUT2D eigenvalue weighted by Gasteiger charge is -2.36. The molecule has 2 aromatic heterocycles. The summed E-state index contributed by atoms with van der Waals surface area (Å²) in [5.41, 5.74) is 1.74. The summed E-state index contributed by atoms with van der Waals surface area (Å²) in [6.45, 7) is 6.79. The van der Waals surface area contributed by atoms with Crippen molar-refractivity contribution < 1.29 is 13.2 Å². The van der Waals surface area contributed by atoms with Crippen molar-refractivity contribution in [3.63, 3.8) is 0 Å². The number of hydrogen-bond acceptors (Lipinski definition) is 4. The zero-order valence-electron chi connectivity index (χ0n) is 17.7. The fourth-order valence-corrected chi connectivity index (χ4v) is 7.01. The molecule has 0 saturated carbocycles. The van der Waals surface area contributed by atoms with Crippen molar-refractivity contribution in [3.05, 3.63) is 40.5 Å². The van der Waals surface area contributed by atoms with Gasteiger partial charge in [0.05, 0.1) is 5.56 Å². The molecular weight excluding hydrogens is 420 g/mol. The van der Waals surface area contributed by atoms with Crippen LogP contribution in [0, 0.1) is 13.8 Å². The van der Waals surface area contributed by atoms with Gasteiger partial charge in [0.25, 0.3) is 16.1 Å². The maximum absolute atomic E-state index is 13.4. The molecule has 0 atom stereocenters. The summed E-state index contributed by atoms with van der Waals surface area (Å²) in [7, 11) is -3.44. The molecule has 0 aliphatic carbocycles. The highest BCUT2D eigenvalue weighted by atomic mass is 32.2. The second-order valence-electron chi connectivity index (χ2n) is 8.07. The first-order chi connectivity index (χ1) is 14.4. The summed E-state index contributed by atoms with van der Waals surface area (Å²) in [5.74, 6) is -0.00706. The third-order valence-electron chi connectivity index (χ3n) is 6.16. The van der Waals surface area contributed by atoms with Crippen LogP contribution in [0.2, 0.25) is 0 Å². The first-order valence-corrected chi connectivity index (χ1v) is 12.9. The van der Waals surface area contributed by atoms with Crippen LogP contribution in [0.4, 0.5) is 0 Å². The van der Waals surface area contributed by atoms with E-state index in [0.717, 1.165) is 46.7 Å². The van der Waals surface area contributed by atoms with E-state index in [4.69, 9.17) is 0 Å². The number of nitrogens with zero attached hydrogens (tertiary/aromatic N) is 4. The Labute approximate surface area is 183 Å². The predicted octanol–water partition coefficient (Wildman–Crippen LogP) is 3.03. The van der Waals surface area contributed by atoms with Crippen molar-refractivity contribution in [3.8, 4) is 5.00 Å². The maximum Gasteiger partial charge on any atom is 0.282 e. The normalized spacial score (nSPS) is 19.7. The number of thiophene rings is 1. The van der Waals surface area contributed by atoms with E-state index >= 15 is 0 Å². The van der Waals surface area contributed by atoms with Crippen LogP contribution in [-0.2, 0) is 10.2 Å². The molecule has 2 aliphatic rings. The third kappa shape index (κ3) is 4.08. The van der Waals surface area contributed by atoms with Crippen LogP contribution in [0.5, 0.6) is 0 Å².